The summed E-state index contributed by atoms with van der Waals surface area (Å²) in [5.74, 6) is -0.0730. The first kappa shape index (κ1) is 12.6. The molecule has 2 rings (SSSR count). The SMILES string of the molecule is COc1cccc(F)c1C(O)Cc1ccccc1. The molecule has 0 saturated carbocycles. The van der Waals surface area contributed by atoms with Crippen LogP contribution in [0, 0.1) is 5.82 Å². The van der Waals surface area contributed by atoms with E-state index in [9.17, 15) is 9.50 Å². The number of methoxy groups -OCH3 is 1. The quantitative estimate of drug-likeness (QED) is 0.898. The van der Waals surface area contributed by atoms with Gasteiger partial charge in [0.1, 0.15) is 11.6 Å². The number of hydrogen-bond acceptors (Lipinski definition) is 2. The third-order valence-corrected chi connectivity index (χ3v) is 2.84. The lowest BCUT2D eigenvalue weighted by Gasteiger charge is -2.15. The van der Waals surface area contributed by atoms with Gasteiger partial charge in [0.15, 0.2) is 0 Å². The summed E-state index contributed by atoms with van der Waals surface area (Å²) in [7, 11) is 1.47. The minimum Gasteiger partial charge on any atom is -0.496 e. The van der Waals surface area contributed by atoms with Gasteiger partial charge in [0.2, 0.25) is 0 Å². The molecule has 2 nitrogen and oxygen atoms in total. The number of hydrogen-bond donors (Lipinski definition) is 1. The van der Waals surface area contributed by atoms with E-state index in [-0.39, 0.29) is 5.56 Å². The van der Waals surface area contributed by atoms with Gasteiger partial charge in [-0.3, -0.25) is 0 Å². The molecule has 0 heterocycles. The van der Waals surface area contributed by atoms with Crippen molar-refractivity contribution in [3.8, 4) is 5.75 Å². The molecular formula is C15H15FO2. The molecule has 0 spiro atoms. The Bertz CT molecular complexity index is 511. The third kappa shape index (κ3) is 2.68. The molecule has 0 aromatic heterocycles. The van der Waals surface area contributed by atoms with E-state index >= 15 is 0 Å². The predicted octanol–water partition coefficient (Wildman–Crippen LogP) is 3.11. The molecule has 3 heteroatoms. The maximum atomic E-state index is 13.8. The van der Waals surface area contributed by atoms with E-state index in [1.165, 1.54) is 13.2 Å². The highest BCUT2D eigenvalue weighted by molar-refractivity contribution is 5.37. The molecule has 18 heavy (non-hydrogen) atoms. The van der Waals surface area contributed by atoms with Gasteiger partial charge in [0.05, 0.1) is 18.8 Å². The Labute approximate surface area is 106 Å². The molecule has 0 bridgehead atoms. The summed E-state index contributed by atoms with van der Waals surface area (Å²) >= 11 is 0. The van der Waals surface area contributed by atoms with Crippen LogP contribution in [0.5, 0.6) is 5.75 Å². The largest absolute Gasteiger partial charge is 0.496 e. The topological polar surface area (TPSA) is 29.5 Å². The van der Waals surface area contributed by atoms with Crippen LogP contribution in [0.3, 0.4) is 0 Å². The van der Waals surface area contributed by atoms with Crippen LogP contribution in [-0.4, -0.2) is 12.2 Å². The van der Waals surface area contributed by atoms with Crippen molar-refractivity contribution < 1.29 is 14.2 Å². The van der Waals surface area contributed by atoms with Crippen LogP contribution in [0.4, 0.5) is 4.39 Å². The minimum atomic E-state index is -0.913. The van der Waals surface area contributed by atoms with Crippen molar-refractivity contribution in [2.24, 2.45) is 0 Å². The molecule has 1 unspecified atom stereocenters. The fraction of sp³-hybridized carbons (Fsp3) is 0.200. The van der Waals surface area contributed by atoms with E-state index in [1.54, 1.807) is 12.1 Å². The smallest absolute Gasteiger partial charge is 0.132 e. The van der Waals surface area contributed by atoms with E-state index in [0.717, 1.165) is 5.56 Å². The second-order valence-corrected chi connectivity index (χ2v) is 4.06. The monoisotopic (exact) mass is 246 g/mol. The molecule has 0 fully saturated rings. The van der Waals surface area contributed by atoms with Crippen LogP contribution in [0.15, 0.2) is 48.5 Å². The maximum Gasteiger partial charge on any atom is 0.132 e. The summed E-state index contributed by atoms with van der Waals surface area (Å²) in [6, 6.07) is 14.0. The number of benzene rings is 2. The molecule has 0 saturated heterocycles. The predicted molar refractivity (Wildman–Crippen MR) is 68.1 cm³/mol. The van der Waals surface area contributed by atoms with Gasteiger partial charge in [-0.15, -0.1) is 0 Å². The molecule has 0 aliphatic carbocycles. The van der Waals surface area contributed by atoms with Crippen LogP contribution < -0.4 is 4.74 Å². The first-order valence-electron chi connectivity index (χ1n) is 5.76. The van der Waals surface area contributed by atoms with Gasteiger partial charge >= 0.3 is 0 Å². The Morgan fingerprint density at radius 1 is 1.11 bits per heavy atom. The zero-order valence-corrected chi connectivity index (χ0v) is 10.1. The van der Waals surface area contributed by atoms with Gasteiger partial charge in [0.25, 0.3) is 0 Å². The highest BCUT2D eigenvalue weighted by atomic mass is 19.1. The molecule has 0 amide bonds. The third-order valence-electron chi connectivity index (χ3n) is 2.84. The van der Waals surface area contributed by atoms with Gasteiger partial charge in [-0.2, -0.15) is 0 Å². The average Bonchev–Trinajstić information content (AvgIpc) is 2.39. The van der Waals surface area contributed by atoms with Crippen LogP contribution >= 0.6 is 0 Å². The summed E-state index contributed by atoms with van der Waals surface area (Å²) in [6.07, 6.45) is -0.554. The van der Waals surface area contributed by atoms with E-state index < -0.39 is 11.9 Å². The van der Waals surface area contributed by atoms with Crippen molar-refractivity contribution >= 4 is 0 Å². The van der Waals surface area contributed by atoms with Crippen LogP contribution in [0.1, 0.15) is 17.2 Å². The minimum absolute atomic E-state index is 0.212. The Morgan fingerprint density at radius 3 is 2.50 bits per heavy atom. The first-order chi connectivity index (χ1) is 8.72. The highest BCUT2D eigenvalue weighted by Crippen LogP contribution is 2.29. The van der Waals surface area contributed by atoms with Gasteiger partial charge in [0, 0.05) is 6.42 Å². The van der Waals surface area contributed by atoms with Crippen molar-refractivity contribution in [1.82, 2.24) is 0 Å². The van der Waals surface area contributed by atoms with Gasteiger partial charge in [-0.1, -0.05) is 36.4 Å². The number of ether oxygens (including phenoxy) is 1. The molecule has 1 N–H and O–H groups in total. The van der Waals surface area contributed by atoms with E-state index in [4.69, 9.17) is 4.74 Å². The van der Waals surface area contributed by atoms with Crippen LogP contribution in [0.2, 0.25) is 0 Å². The lowest BCUT2D eigenvalue weighted by molar-refractivity contribution is 0.169. The summed E-state index contributed by atoms with van der Waals surface area (Å²) in [6.45, 7) is 0. The highest BCUT2D eigenvalue weighted by Gasteiger charge is 2.18. The Hall–Kier alpha value is -1.87. The number of aliphatic hydroxyl groups excluding tert-OH is 1. The lowest BCUT2D eigenvalue weighted by atomic mass is 10.00. The molecule has 0 radical (unpaired) electrons. The average molecular weight is 246 g/mol. The zero-order valence-electron chi connectivity index (χ0n) is 10.1. The van der Waals surface area contributed by atoms with Crippen molar-refractivity contribution in [2.45, 2.75) is 12.5 Å². The number of halogens is 1. The normalized spacial score (nSPS) is 12.2. The molecule has 0 aliphatic rings. The molecule has 2 aromatic carbocycles. The van der Waals surface area contributed by atoms with E-state index in [2.05, 4.69) is 0 Å². The van der Waals surface area contributed by atoms with E-state index in [1.807, 2.05) is 30.3 Å². The zero-order chi connectivity index (χ0) is 13.0. The Morgan fingerprint density at radius 2 is 1.83 bits per heavy atom. The maximum absolute atomic E-state index is 13.8. The molecule has 0 aliphatic heterocycles. The van der Waals surface area contributed by atoms with Gasteiger partial charge < -0.3 is 9.84 Å². The summed E-state index contributed by atoms with van der Waals surface area (Å²) in [4.78, 5) is 0. The summed E-state index contributed by atoms with van der Waals surface area (Å²) in [5, 5.41) is 10.1. The molecule has 1 atom stereocenters. The fourth-order valence-corrected chi connectivity index (χ4v) is 1.96. The number of rotatable bonds is 4. The van der Waals surface area contributed by atoms with Gasteiger partial charge in [-0.05, 0) is 17.7 Å². The van der Waals surface area contributed by atoms with Gasteiger partial charge in [-0.25, -0.2) is 4.39 Å². The Kier molecular flexibility index (Phi) is 3.95. The molecule has 2 aromatic rings. The van der Waals surface area contributed by atoms with Crippen molar-refractivity contribution in [1.29, 1.82) is 0 Å². The first-order valence-corrected chi connectivity index (χ1v) is 5.76. The lowest BCUT2D eigenvalue weighted by Crippen LogP contribution is -2.06. The van der Waals surface area contributed by atoms with Crippen molar-refractivity contribution in [3.63, 3.8) is 0 Å². The van der Waals surface area contributed by atoms with E-state index in [0.29, 0.717) is 12.2 Å². The second-order valence-electron chi connectivity index (χ2n) is 4.06. The molecule has 94 valence electrons. The summed E-state index contributed by atoms with van der Waals surface area (Å²) < 4.78 is 18.8. The van der Waals surface area contributed by atoms with Crippen molar-refractivity contribution in [3.05, 3.63) is 65.5 Å². The standard InChI is InChI=1S/C15H15FO2/c1-18-14-9-5-8-12(16)15(14)13(17)10-11-6-3-2-4-7-11/h2-9,13,17H,10H2,1H3. The molecular weight excluding hydrogens is 231 g/mol. The fourth-order valence-electron chi connectivity index (χ4n) is 1.96. The Balaban J connectivity index is 2.26. The van der Waals surface area contributed by atoms with Crippen molar-refractivity contribution in [2.75, 3.05) is 7.11 Å². The second kappa shape index (κ2) is 5.65. The van der Waals surface area contributed by atoms with Crippen LogP contribution in [0.25, 0.3) is 0 Å². The number of aliphatic hydroxyl groups is 1. The van der Waals surface area contributed by atoms with Crippen LogP contribution in [-0.2, 0) is 6.42 Å². The summed E-state index contributed by atoms with van der Waals surface area (Å²) in [5.41, 5.74) is 1.17.